The summed E-state index contributed by atoms with van der Waals surface area (Å²) in [6.45, 7) is 0.807. The van der Waals surface area contributed by atoms with Gasteiger partial charge in [-0.05, 0) is 18.6 Å². The predicted molar refractivity (Wildman–Crippen MR) is 83.6 cm³/mol. The van der Waals surface area contributed by atoms with E-state index in [0.717, 1.165) is 21.8 Å². The predicted octanol–water partition coefficient (Wildman–Crippen LogP) is 1.91. The van der Waals surface area contributed by atoms with Crippen molar-refractivity contribution >= 4 is 27.7 Å². The van der Waals surface area contributed by atoms with Crippen LogP contribution in [0.2, 0.25) is 0 Å². The van der Waals surface area contributed by atoms with Crippen molar-refractivity contribution in [2.75, 3.05) is 6.61 Å². The van der Waals surface area contributed by atoms with Gasteiger partial charge < -0.3 is 20.1 Å². The Bertz CT molecular complexity index is 898. The second-order valence-electron chi connectivity index (χ2n) is 5.55. The van der Waals surface area contributed by atoms with E-state index in [9.17, 15) is 9.90 Å². The third kappa shape index (κ3) is 1.70. The van der Waals surface area contributed by atoms with Gasteiger partial charge in [-0.1, -0.05) is 24.3 Å². The van der Waals surface area contributed by atoms with Gasteiger partial charge in [-0.15, -0.1) is 0 Å². The number of carbonyl (C=O) groups excluding carboxylic acids is 1. The topological polar surface area (TPSA) is 74.5 Å². The Balaban J connectivity index is 2.12. The highest BCUT2D eigenvalue weighted by molar-refractivity contribution is 6.20. The van der Waals surface area contributed by atoms with E-state index in [4.69, 9.17) is 5.11 Å². The molecule has 1 amide bonds. The Labute approximate surface area is 126 Å². The molecule has 0 spiro atoms. The van der Waals surface area contributed by atoms with E-state index < -0.39 is 6.23 Å². The van der Waals surface area contributed by atoms with Crippen molar-refractivity contribution in [1.29, 1.82) is 0 Å². The zero-order valence-electron chi connectivity index (χ0n) is 11.9. The molecule has 3 N–H and O–H groups in total. The van der Waals surface area contributed by atoms with E-state index in [2.05, 4.69) is 9.88 Å². The van der Waals surface area contributed by atoms with Crippen LogP contribution < -0.4 is 5.32 Å². The van der Waals surface area contributed by atoms with E-state index in [1.165, 1.54) is 0 Å². The van der Waals surface area contributed by atoms with Crippen molar-refractivity contribution in [2.24, 2.45) is 0 Å². The number of rotatable bonds is 3. The monoisotopic (exact) mass is 296 g/mol. The minimum absolute atomic E-state index is 0.123. The molecule has 1 atom stereocenters. The second-order valence-corrected chi connectivity index (χ2v) is 5.55. The fourth-order valence-corrected chi connectivity index (χ4v) is 3.37. The summed E-state index contributed by atoms with van der Waals surface area (Å²) in [7, 11) is 0. The third-order valence-corrected chi connectivity index (χ3v) is 4.30. The van der Waals surface area contributed by atoms with E-state index in [-0.39, 0.29) is 12.5 Å². The van der Waals surface area contributed by atoms with Crippen molar-refractivity contribution in [3.05, 3.63) is 47.5 Å². The molecule has 22 heavy (non-hydrogen) atoms. The van der Waals surface area contributed by atoms with Crippen LogP contribution in [0.5, 0.6) is 0 Å². The van der Waals surface area contributed by atoms with Crippen LogP contribution in [0.3, 0.4) is 0 Å². The average molecular weight is 296 g/mol. The molecule has 0 radical (unpaired) electrons. The number of hydrogen-bond acceptors (Lipinski definition) is 3. The number of aliphatic hydroxyl groups is 2. The number of para-hydroxylation sites is 1. The normalized spacial score (nSPS) is 17.2. The zero-order chi connectivity index (χ0) is 15.3. The molecule has 112 valence electrons. The average Bonchev–Trinajstić information content (AvgIpc) is 3.00. The maximum Gasteiger partial charge on any atom is 0.254 e. The van der Waals surface area contributed by atoms with Gasteiger partial charge in [-0.2, -0.15) is 0 Å². The molecule has 4 rings (SSSR count). The highest BCUT2D eigenvalue weighted by atomic mass is 16.3. The molecule has 0 saturated heterocycles. The lowest BCUT2D eigenvalue weighted by molar-refractivity contribution is 0.0851. The van der Waals surface area contributed by atoms with Gasteiger partial charge >= 0.3 is 0 Å². The number of carbonyl (C=O) groups is 1. The number of hydrogen-bond donors (Lipinski definition) is 3. The molecule has 1 aliphatic heterocycles. The lowest BCUT2D eigenvalue weighted by Gasteiger charge is -2.07. The maximum absolute atomic E-state index is 12.2. The lowest BCUT2D eigenvalue weighted by Crippen LogP contribution is -2.18. The quantitative estimate of drug-likeness (QED) is 0.691. The SMILES string of the molecule is O=C1NC(O)c2ccc3c(c21)c1ccccc1n3CCCO. The van der Waals surface area contributed by atoms with Gasteiger partial charge in [0.25, 0.3) is 5.91 Å². The minimum Gasteiger partial charge on any atom is -0.396 e. The molecule has 5 heteroatoms. The summed E-state index contributed by atoms with van der Waals surface area (Å²) < 4.78 is 2.12. The molecule has 1 unspecified atom stereocenters. The van der Waals surface area contributed by atoms with Crippen LogP contribution in [-0.2, 0) is 6.54 Å². The van der Waals surface area contributed by atoms with Gasteiger partial charge in [0.2, 0.25) is 0 Å². The first kappa shape index (κ1) is 13.3. The molecule has 2 aromatic carbocycles. The van der Waals surface area contributed by atoms with Crippen LogP contribution in [0.25, 0.3) is 21.8 Å². The maximum atomic E-state index is 12.2. The van der Waals surface area contributed by atoms with E-state index in [1.807, 2.05) is 30.3 Å². The molecule has 1 aliphatic rings. The first-order valence-electron chi connectivity index (χ1n) is 7.36. The van der Waals surface area contributed by atoms with E-state index in [0.29, 0.717) is 24.1 Å². The lowest BCUT2D eigenvalue weighted by atomic mass is 10.0. The smallest absolute Gasteiger partial charge is 0.254 e. The molecule has 0 aliphatic carbocycles. The van der Waals surface area contributed by atoms with Crippen LogP contribution in [0.4, 0.5) is 0 Å². The molecule has 0 fully saturated rings. The van der Waals surface area contributed by atoms with Crippen molar-refractivity contribution in [3.63, 3.8) is 0 Å². The largest absolute Gasteiger partial charge is 0.396 e. The molecule has 0 bridgehead atoms. The van der Waals surface area contributed by atoms with Crippen LogP contribution >= 0.6 is 0 Å². The summed E-state index contributed by atoms with van der Waals surface area (Å²) in [6.07, 6.45) is -0.286. The van der Waals surface area contributed by atoms with Gasteiger partial charge in [0, 0.05) is 40.5 Å². The fraction of sp³-hybridized carbons (Fsp3) is 0.235. The number of aryl methyl sites for hydroxylation is 1. The van der Waals surface area contributed by atoms with Crippen molar-refractivity contribution in [2.45, 2.75) is 19.2 Å². The molecule has 5 nitrogen and oxygen atoms in total. The number of amides is 1. The fourth-order valence-electron chi connectivity index (χ4n) is 3.37. The Morgan fingerprint density at radius 3 is 2.77 bits per heavy atom. The summed E-state index contributed by atoms with van der Waals surface area (Å²) in [5.74, 6) is -0.238. The van der Waals surface area contributed by atoms with Crippen LogP contribution in [0, 0.1) is 0 Å². The highest BCUT2D eigenvalue weighted by Gasteiger charge is 2.30. The number of benzene rings is 2. The summed E-state index contributed by atoms with van der Waals surface area (Å²) in [6, 6.07) is 11.7. The van der Waals surface area contributed by atoms with Crippen LogP contribution in [-0.4, -0.2) is 27.3 Å². The number of nitrogens with zero attached hydrogens (tertiary/aromatic N) is 1. The van der Waals surface area contributed by atoms with Gasteiger partial charge in [-0.25, -0.2) is 0 Å². The van der Waals surface area contributed by atoms with Crippen molar-refractivity contribution < 1.29 is 15.0 Å². The number of aliphatic hydroxyl groups excluding tert-OH is 2. The molecule has 2 heterocycles. The van der Waals surface area contributed by atoms with Gasteiger partial charge in [-0.3, -0.25) is 4.79 Å². The van der Waals surface area contributed by atoms with Crippen molar-refractivity contribution in [1.82, 2.24) is 9.88 Å². The number of nitrogens with one attached hydrogen (secondary N) is 1. The van der Waals surface area contributed by atoms with E-state index >= 15 is 0 Å². The zero-order valence-corrected chi connectivity index (χ0v) is 11.9. The Hall–Kier alpha value is -2.37. The van der Waals surface area contributed by atoms with Crippen LogP contribution in [0.15, 0.2) is 36.4 Å². The van der Waals surface area contributed by atoms with Crippen molar-refractivity contribution in [3.8, 4) is 0 Å². The van der Waals surface area contributed by atoms with Crippen LogP contribution in [0.1, 0.15) is 28.6 Å². The summed E-state index contributed by atoms with van der Waals surface area (Å²) >= 11 is 0. The number of aromatic nitrogens is 1. The Morgan fingerprint density at radius 1 is 1.14 bits per heavy atom. The molecule has 0 saturated carbocycles. The second kappa shape index (κ2) is 4.83. The van der Waals surface area contributed by atoms with Gasteiger partial charge in [0.1, 0.15) is 0 Å². The summed E-state index contributed by atoms with van der Waals surface area (Å²) in [5, 5.41) is 23.5. The molecular formula is C17H16N2O3. The summed E-state index contributed by atoms with van der Waals surface area (Å²) in [5.41, 5.74) is 3.18. The highest BCUT2D eigenvalue weighted by Crippen LogP contribution is 2.37. The Morgan fingerprint density at radius 2 is 1.95 bits per heavy atom. The molecule has 3 aromatic rings. The standard InChI is InChI=1S/C17H16N2O3/c20-9-3-8-19-12-5-2-1-4-10(12)14-13(19)7-6-11-15(14)17(22)18-16(11)21/h1-2,4-7,16,20-21H,3,8-9H2,(H,18,22). The first-order chi connectivity index (χ1) is 10.7. The van der Waals surface area contributed by atoms with Gasteiger partial charge in [0.15, 0.2) is 6.23 Å². The summed E-state index contributed by atoms with van der Waals surface area (Å²) in [4.78, 5) is 12.2. The van der Waals surface area contributed by atoms with Gasteiger partial charge in [0.05, 0.1) is 5.56 Å². The molecular weight excluding hydrogens is 280 g/mol. The molecule has 1 aromatic heterocycles. The first-order valence-corrected chi connectivity index (χ1v) is 7.36. The number of fused-ring (bicyclic) bond motifs is 5. The minimum atomic E-state index is -0.938. The third-order valence-electron chi connectivity index (χ3n) is 4.30. The van der Waals surface area contributed by atoms with E-state index in [1.54, 1.807) is 6.07 Å². The Kier molecular flexibility index (Phi) is 2.92.